The maximum absolute atomic E-state index is 12.1. The summed E-state index contributed by atoms with van der Waals surface area (Å²) >= 11 is 1.50. The van der Waals surface area contributed by atoms with Crippen molar-refractivity contribution in [2.24, 2.45) is 0 Å². The molecule has 0 spiro atoms. The van der Waals surface area contributed by atoms with Gasteiger partial charge in [0.1, 0.15) is 10.6 Å². The number of thioether (sulfide) groups is 1. The van der Waals surface area contributed by atoms with Crippen molar-refractivity contribution in [3.05, 3.63) is 23.8 Å². The normalized spacial score (nSPS) is 11.3. The lowest BCUT2D eigenvalue weighted by molar-refractivity contribution is 0.0696. The predicted molar refractivity (Wildman–Crippen MR) is 73.5 cm³/mol. The predicted octanol–water partition coefficient (Wildman–Crippen LogP) is 1.03. The van der Waals surface area contributed by atoms with Gasteiger partial charge in [0.15, 0.2) is 0 Å². The van der Waals surface area contributed by atoms with Crippen LogP contribution in [0.15, 0.2) is 23.1 Å². The Labute approximate surface area is 116 Å². The van der Waals surface area contributed by atoms with E-state index < -0.39 is 16.0 Å². The average molecular weight is 305 g/mol. The Bertz CT molecular complexity index is 556. The largest absolute Gasteiger partial charge is 0.495 e. The average Bonchev–Trinajstić information content (AvgIpc) is 2.38. The minimum absolute atomic E-state index is 0.106. The number of aromatic carboxylic acids is 1. The molecule has 0 fully saturated rings. The standard InChI is InChI=1S/C11H15NO5S2/c1-17-9-4-3-8(11(13)14)7-10(9)19(15,16)12-5-6-18-2/h3-4,7,12H,5-6H2,1-2H3,(H,13,14). The number of hydrogen-bond acceptors (Lipinski definition) is 5. The van der Waals surface area contributed by atoms with Crippen molar-refractivity contribution in [2.75, 3.05) is 25.7 Å². The molecule has 0 unspecified atom stereocenters. The fraction of sp³-hybridized carbons (Fsp3) is 0.364. The molecule has 2 N–H and O–H groups in total. The fourth-order valence-corrected chi connectivity index (χ4v) is 3.04. The molecule has 8 heteroatoms. The van der Waals surface area contributed by atoms with Gasteiger partial charge in [0.05, 0.1) is 12.7 Å². The first kappa shape index (κ1) is 15.8. The van der Waals surface area contributed by atoms with Gasteiger partial charge < -0.3 is 9.84 Å². The second kappa shape index (κ2) is 6.78. The first-order valence-corrected chi connectivity index (χ1v) is 8.20. The van der Waals surface area contributed by atoms with E-state index in [2.05, 4.69) is 4.72 Å². The Hall–Kier alpha value is -1.25. The summed E-state index contributed by atoms with van der Waals surface area (Å²) in [5.41, 5.74) is -0.106. The maximum atomic E-state index is 12.1. The summed E-state index contributed by atoms with van der Waals surface area (Å²) in [6, 6.07) is 3.71. The summed E-state index contributed by atoms with van der Waals surface area (Å²) in [5.74, 6) is -0.454. The van der Waals surface area contributed by atoms with Crippen molar-refractivity contribution < 1.29 is 23.1 Å². The number of ether oxygens (including phenoxy) is 1. The molecule has 0 aliphatic carbocycles. The molecule has 0 aliphatic rings. The smallest absolute Gasteiger partial charge is 0.335 e. The highest BCUT2D eigenvalue weighted by atomic mass is 32.2. The molecular formula is C11H15NO5S2. The number of carboxylic acids is 1. The topological polar surface area (TPSA) is 92.7 Å². The number of carbonyl (C=O) groups is 1. The van der Waals surface area contributed by atoms with Crippen molar-refractivity contribution in [1.29, 1.82) is 0 Å². The molecule has 0 radical (unpaired) electrons. The highest BCUT2D eigenvalue weighted by Gasteiger charge is 2.21. The van der Waals surface area contributed by atoms with Gasteiger partial charge in [-0.3, -0.25) is 0 Å². The van der Waals surface area contributed by atoms with E-state index in [1.54, 1.807) is 0 Å². The van der Waals surface area contributed by atoms with E-state index in [0.29, 0.717) is 5.75 Å². The molecule has 1 aromatic rings. The quantitative estimate of drug-likeness (QED) is 0.731. The molecule has 0 heterocycles. The van der Waals surface area contributed by atoms with Crippen LogP contribution in [0, 0.1) is 0 Å². The Kier molecular flexibility index (Phi) is 5.64. The summed E-state index contributed by atoms with van der Waals surface area (Å²) in [7, 11) is -2.45. The molecule has 0 aromatic heterocycles. The molecule has 106 valence electrons. The van der Waals surface area contributed by atoms with Crippen molar-refractivity contribution in [1.82, 2.24) is 4.72 Å². The lowest BCUT2D eigenvalue weighted by Gasteiger charge is -2.11. The second-order valence-corrected chi connectivity index (χ2v) is 6.28. The zero-order valence-corrected chi connectivity index (χ0v) is 12.2. The van der Waals surface area contributed by atoms with Gasteiger partial charge in [0.25, 0.3) is 0 Å². The van der Waals surface area contributed by atoms with E-state index in [0.717, 1.165) is 6.07 Å². The van der Waals surface area contributed by atoms with E-state index >= 15 is 0 Å². The van der Waals surface area contributed by atoms with Gasteiger partial charge in [-0.2, -0.15) is 11.8 Å². The first-order valence-electron chi connectivity index (χ1n) is 5.32. The summed E-state index contributed by atoms with van der Waals surface area (Å²) in [6.45, 7) is 0.268. The molecule has 0 amide bonds. The van der Waals surface area contributed by atoms with Gasteiger partial charge in [-0.15, -0.1) is 0 Å². The SMILES string of the molecule is COc1ccc(C(=O)O)cc1S(=O)(=O)NCCSC. The van der Waals surface area contributed by atoms with Crippen LogP contribution in [-0.2, 0) is 10.0 Å². The lowest BCUT2D eigenvalue weighted by Crippen LogP contribution is -2.26. The molecule has 0 saturated heterocycles. The Morgan fingerprint density at radius 2 is 2.16 bits per heavy atom. The maximum Gasteiger partial charge on any atom is 0.335 e. The number of hydrogen-bond donors (Lipinski definition) is 2. The van der Waals surface area contributed by atoms with Crippen LogP contribution in [0.1, 0.15) is 10.4 Å². The van der Waals surface area contributed by atoms with Crippen LogP contribution in [0.2, 0.25) is 0 Å². The van der Waals surface area contributed by atoms with E-state index in [9.17, 15) is 13.2 Å². The lowest BCUT2D eigenvalue weighted by atomic mass is 10.2. The zero-order chi connectivity index (χ0) is 14.5. The van der Waals surface area contributed by atoms with Crippen LogP contribution in [0.3, 0.4) is 0 Å². The van der Waals surface area contributed by atoms with Gasteiger partial charge in [-0.05, 0) is 24.5 Å². The van der Waals surface area contributed by atoms with Crippen molar-refractivity contribution >= 4 is 27.8 Å². The van der Waals surface area contributed by atoms with Gasteiger partial charge >= 0.3 is 5.97 Å². The zero-order valence-electron chi connectivity index (χ0n) is 10.5. The van der Waals surface area contributed by atoms with Crippen LogP contribution in [0.4, 0.5) is 0 Å². The van der Waals surface area contributed by atoms with Crippen LogP contribution in [0.25, 0.3) is 0 Å². The minimum atomic E-state index is -3.78. The summed E-state index contributed by atoms with van der Waals surface area (Å²) < 4.78 is 31.5. The summed E-state index contributed by atoms with van der Waals surface area (Å²) in [6.07, 6.45) is 1.86. The van der Waals surface area contributed by atoms with E-state index in [4.69, 9.17) is 9.84 Å². The number of rotatable bonds is 7. The Balaban J connectivity index is 3.15. The Morgan fingerprint density at radius 1 is 1.47 bits per heavy atom. The first-order chi connectivity index (χ1) is 8.92. The molecule has 6 nitrogen and oxygen atoms in total. The Morgan fingerprint density at radius 3 is 2.68 bits per heavy atom. The highest BCUT2D eigenvalue weighted by Crippen LogP contribution is 2.24. The van der Waals surface area contributed by atoms with Gasteiger partial charge in [-0.1, -0.05) is 0 Å². The summed E-state index contributed by atoms with van der Waals surface area (Å²) in [4.78, 5) is 10.7. The molecule has 0 atom stereocenters. The van der Waals surface area contributed by atoms with E-state index in [1.807, 2.05) is 6.26 Å². The molecule has 1 aromatic carbocycles. The van der Waals surface area contributed by atoms with Crippen LogP contribution in [0.5, 0.6) is 5.75 Å². The third kappa shape index (κ3) is 4.12. The van der Waals surface area contributed by atoms with Gasteiger partial charge in [0, 0.05) is 12.3 Å². The van der Waals surface area contributed by atoms with Crippen molar-refractivity contribution in [3.8, 4) is 5.75 Å². The molecule has 0 aliphatic heterocycles. The number of sulfonamides is 1. The number of methoxy groups -OCH3 is 1. The molecule has 1 rings (SSSR count). The van der Waals surface area contributed by atoms with E-state index in [1.165, 1.54) is 31.0 Å². The number of carboxylic acid groups (broad SMARTS) is 1. The van der Waals surface area contributed by atoms with Crippen molar-refractivity contribution in [2.45, 2.75) is 4.90 Å². The third-order valence-corrected chi connectivity index (χ3v) is 4.39. The molecule has 0 bridgehead atoms. The molecule has 0 saturated carbocycles. The van der Waals surface area contributed by atoms with E-state index in [-0.39, 0.29) is 22.8 Å². The minimum Gasteiger partial charge on any atom is -0.495 e. The highest BCUT2D eigenvalue weighted by molar-refractivity contribution is 7.98. The molecule has 19 heavy (non-hydrogen) atoms. The number of nitrogens with one attached hydrogen (secondary N) is 1. The monoisotopic (exact) mass is 305 g/mol. The van der Waals surface area contributed by atoms with Crippen LogP contribution >= 0.6 is 11.8 Å². The van der Waals surface area contributed by atoms with Gasteiger partial charge in [-0.25, -0.2) is 17.9 Å². The number of benzene rings is 1. The third-order valence-electron chi connectivity index (χ3n) is 2.30. The summed E-state index contributed by atoms with van der Waals surface area (Å²) in [5, 5.41) is 8.89. The van der Waals surface area contributed by atoms with Crippen molar-refractivity contribution in [3.63, 3.8) is 0 Å². The molecular weight excluding hydrogens is 290 g/mol. The van der Waals surface area contributed by atoms with Crippen LogP contribution < -0.4 is 9.46 Å². The van der Waals surface area contributed by atoms with Gasteiger partial charge in [0.2, 0.25) is 10.0 Å². The fourth-order valence-electron chi connectivity index (χ4n) is 1.38. The second-order valence-electron chi connectivity index (χ2n) is 3.56. The van der Waals surface area contributed by atoms with Crippen LogP contribution in [-0.4, -0.2) is 45.2 Å².